The fraction of sp³-hybridized carbons (Fsp3) is 0.429. The van der Waals surface area contributed by atoms with E-state index in [4.69, 9.17) is 37.4 Å². The van der Waals surface area contributed by atoms with E-state index in [0.29, 0.717) is 34.6 Å². The van der Waals surface area contributed by atoms with Gasteiger partial charge in [0, 0.05) is 34.7 Å². The van der Waals surface area contributed by atoms with Crippen LogP contribution in [-0.2, 0) is 14.2 Å². The van der Waals surface area contributed by atoms with Crippen molar-refractivity contribution in [3.8, 4) is 6.07 Å². The number of thiazole rings is 1. The van der Waals surface area contributed by atoms with Crippen LogP contribution in [0.3, 0.4) is 0 Å². The minimum Gasteiger partial charge on any atom is -0.395 e. The Kier molecular flexibility index (Phi) is 11.9. The zero-order valence-electron chi connectivity index (χ0n) is 18.5. The molecule has 33 heavy (non-hydrogen) atoms. The van der Waals surface area contributed by atoms with E-state index in [-0.39, 0.29) is 12.6 Å². The highest BCUT2D eigenvalue weighted by atomic mass is 79.9. The Morgan fingerprint density at radius 1 is 1.48 bits per heavy atom. The molecule has 0 radical (unpaired) electrons. The molecule has 12 heteroatoms. The van der Waals surface area contributed by atoms with Crippen LogP contribution in [0.2, 0.25) is 5.15 Å². The van der Waals surface area contributed by atoms with Gasteiger partial charge < -0.3 is 25.0 Å². The van der Waals surface area contributed by atoms with Gasteiger partial charge in [0.15, 0.2) is 0 Å². The molecule has 2 rings (SSSR count). The third kappa shape index (κ3) is 9.07. The summed E-state index contributed by atoms with van der Waals surface area (Å²) in [5, 5.41) is 13.6. The van der Waals surface area contributed by atoms with Crippen molar-refractivity contribution in [1.82, 2.24) is 9.99 Å². The first-order chi connectivity index (χ1) is 15.8. The minimum absolute atomic E-state index is 0.206. The second-order valence-electron chi connectivity index (χ2n) is 6.88. The lowest BCUT2D eigenvalue weighted by atomic mass is 10.2. The van der Waals surface area contributed by atoms with Crippen molar-refractivity contribution in [2.24, 2.45) is 11.6 Å². The van der Waals surface area contributed by atoms with Crippen LogP contribution in [0.15, 0.2) is 39.1 Å². The summed E-state index contributed by atoms with van der Waals surface area (Å²) in [5.74, 6) is 6.21. The van der Waals surface area contributed by atoms with Gasteiger partial charge in [-0.1, -0.05) is 39.3 Å². The number of methoxy groups -OCH3 is 1. The number of rotatable bonds is 13. The van der Waals surface area contributed by atoms with Crippen LogP contribution in [0, 0.1) is 11.3 Å². The van der Waals surface area contributed by atoms with E-state index in [0.717, 1.165) is 9.37 Å². The SMILES string of the molecule is CCOCC(C)OC(Sc1cc(Br)ccc1C#N)[C@H](CN(N)/C=C(\N)c1nc(Cl)cs1)OC. The number of benzene rings is 1. The normalized spacial score (nSPS) is 14.5. The molecule has 0 fully saturated rings. The van der Waals surface area contributed by atoms with Gasteiger partial charge in [-0.15, -0.1) is 11.3 Å². The maximum absolute atomic E-state index is 9.54. The van der Waals surface area contributed by atoms with Crippen molar-refractivity contribution in [1.29, 1.82) is 5.26 Å². The van der Waals surface area contributed by atoms with Crippen LogP contribution in [0.4, 0.5) is 0 Å². The van der Waals surface area contributed by atoms with Crippen LogP contribution >= 0.6 is 50.6 Å². The standard InChI is InChI=1S/C21H27BrClN5O3S2/c1-4-30-11-13(2)31-21(33-18-7-15(22)6-5-14(18)8-24)17(29-3)10-28(26)9-16(25)20-27-19(23)12-32-20/h5-7,9,12-13,17,21H,4,10-11,25-26H2,1-3H3/b16-9-/t13?,17-,21?/m0/s1. The number of nitriles is 1. The molecule has 2 aromatic rings. The number of aromatic nitrogens is 1. The molecule has 0 amide bonds. The van der Waals surface area contributed by atoms with Gasteiger partial charge in [0.25, 0.3) is 0 Å². The predicted octanol–water partition coefficient (Wildman–Crippen LogP) is 4.44. The number of nitrogens with two attached hydrogens (primary N) is 2. The fourth-order valence-corrected chi connectivity index (χ4v) is 5.37. The first-order valence-corrected chi connectivity index (χ1v) is 12.9. The van der Waals surface area contributed by atoms with Gasteiger partial charge in [-0.25, -0.2) is 10.8 Å². The quantitative estimate of drug-likeness (QED) is 0.154. The molecule has 1 aromatic carbocycles. The molecular weight excluding hydrogens is 550 g/mol. The average Bonchev–Trinajstić information content (AvgIpc) is 3.22. The summed E-state index contributed by atoms with van der Waals surface area (Å²) in [7, 11) is 1.59. The van der Waals surface area contributed by atoms with Gasteiger partial charge in [0.2, 0.25) is 0 Å². The van der Waals surface area contributed by atoms with Crippen molar-refractivity contribution in [3.63, 3.8) is 0 Å². The third-order valence-corrected chi connectivity index (χ3v) is 7.20. The Hall–Kier alpha value is -1.36. The third-order valence-electron chi connectivity index (χ3n) is 4.26. The van der Waals surface area contributed by atoms with Gasteiger partial charge in [-0.2, -0.15) is 5.26 Å². The minimum atomic E-state index is -0.484. The van der Waals surface area contributed by atoms with Crippen molar-refractivity contribution < 1.29 is 14.2 Å². The number of nitrogens with zero attached hydrogens (tertiary/aromatic N) is 3. The average molecular weight is 577 g/mol. The number of halogens is 2. The van der Waals surface area contributed by atoms with Crippen molar-refractivity contribution >= 4 is 56.3 Å². The Balaban J connectivity index is 2.23. The molecule has 4 N–H and O–H groups in total. The molecule has 0 saturated carbocycles. The molecule has 8 nitrogen and oxygen atoms in total. The van der Waals surface area contributed by atoms with Gasteiger partial charge in [-0.3, -0.25) is 0 Å². The second-order valence-corrected chi connectivity index (χ2v) is 10.2. The lowest BCUT2D eigenvalue weighted by molar-refractivity contribution is -0.0711. The van der Waals surface area contributed by atoms with E-state index in [9.17, 15) is 5.26 Å². The number of hydrazine groups is 1. The van der Waals surface area contributed by atoms with Gasteiger partial charge in [0.05, 0.1) is 30.5 Å². The number of thioether (sulfide) groups is 1. The first-order valence-electron chi connectivity index (χ1n) is 9.99. The Morgan fingerprint density at radius 2 is 2.24 bits per heavy atom. The van der Waals surface area contributed by atoms with E-state index in [1.165, 1.54) is 28.1 Å². The van der Waals surface area contributed by atoms with Gasteiger partial charge >= 0.3 is 0 Å². The molecule has 1 aromatic heterocycles. The molecule has 0 aliphatic carbocycles. The van der Waals surface area contributed by atoms with Crippen LogP contribution in [0.1, 0.15) is 24.4 Å². The van der Waals surface area contributed by atoms with Gasteiger partial charge in [0.1, 0.15) is 27.8 Å². The van der Waals surface area contributed by atoms with E-state index >= 15 is 0 Å². The summed E-state index contributed by atoms with van der Waals surface area (Å²) in [4.78, 5) is 4.91. The van der Waals surface area contributed by atoms with Crippen molar-refractivity contribution in [2.45, 2.75) is 36.4 Å². The predicted molar refractivity (Wildman–Crippen MR) is 137 cm³/mol. The lowest BCUT2D eigenvalue weighted by Crippen LogP contribution is -2.43. The summed E-state index contributed by atoms with van der Waals surface area (Å²) in [6.07, 6.45) is 0.910. The number of hydrogen-bond acceptors (Lipinski definition) is 10. The summed E-state index contributed by atoms with van der Waals surface area (Å²) in [6.45, 7) is 5.14. The maximum atomic E-state index is 9.54. The molecule has 1 heterocycles. The molecule has 0 saturated heterocycles. The Morgan fingerprint density at radius 3 is 2.85 bits per heavy atom. The maximum Gasteiger partial charge on any atom is 0.142 e. The highest BCUT2D eigenvalue weighted by molar-refractivity contribution is 9.10. The smallest absolute Gasteiger partial charge is 0.142 e. The Labute approximate surface area is 215 Å². The van der Waals surface area contributed by atoms with Crippen LogP contribution < -0.4 is 11.6 Å². The monoisotopic (exact) mass is 575 g/mol. The Bertz CT molecular complexity index is 972. The van der Waals surface area contributed by atoms with E-state index < -0.39 is 11.5 Å². The lowest BCUT2D eigenvalue weighted by Gasteiger charge is -2.31. The van der Waals surface area contributed by atoms with E-state index in [1.54, 1.807) is 24.8 Å². The molecule has 0 spiro atoms. The summed E-state index contributed by atoms with van der Waals surface area (Å²) in [5.41, 5.74) is 6.55. The van der Waals surface area contributed by atoms with Crippen LogP contribution in [-0.4, -0.2) is 54.5 Å². The van der Waals surface area contributed by atoms with Crippen molar-refractivity contribution in [3.05, 3.63) is 50.0 Å². The molecular formula is C21H27BrClN5O3S2. The molecule has 3 atom stereocenters. The number of hydrogen-bond donors (Lipinski definition) is 2. The summed E-state index contributed by atoms with van der Waals surface area (Å²) >= 11 is 12.1. The highest BCUT2D eigenvalue weighted by Crippen LogP contribution is 2.33. The summed E-state index contributed by atoms with van der Waals surface area (Å²) in [6, 6.07) is 7.68. The van der Waals surface area contributed by atoms with Crippen molar-refractivity contribution in [2.75, 3.05) is 26.9 Å². The van der Waals surface area contributed by atoms with Crippen LogP contribution in [0.25, 0.3) is 5.70 Å². The topological polar surface area (TPSA) is 120 Å². The molecule has 0 bridgehead atoms. The van der Waals surface area contributed by atoms with E-state index in [2.05, 4.69) is 27.0 Å². The second kappa shape index (κ2) is 14.1. The van der Waals surface area contributed by atoms with E-state index in [1.807, 2.05) is 26.0 Å². The van der Waals surface area contributed by atoms with Gasteiger partial charge in [-0.05, 0) is 32.0 Å². The molecule has 180 valence electrons. The first kappa shape index (κ1) is 27.9. The molecule has 0 aliphatic heterocycles. The molecule has 0 aliphatic rings. The number of ether oxygens (including phenoxy) is 3. The van der Waals surface area contributed by atoms with Crippen LogP contribution in [0.5, 0.6) is 0 Å². The zero-order valence-corrected chi connectivity index (χ0v) is 22.5. The largest absolute Gasteiger partial charge is 0.395 e. The molecule has 2 unspecified atom stereocenters. The summed E-state index contributed by atoms with van der Waals surface area (Å²) < 4.78 is 18.4. The zero-order chi connectivity index (χ0) is 24.4. The fourth-order valence-electron chi connectivity index (χ4n) is 2.71. The highest BCUT2D eigenvalue weighted by Gasteiger charge is 2.28.